The van der Waals surface area contributed by atoms with Crippen molar-refractivity contribution in [2.24, 2.45) is 5.92 Å². The van der Waals surface area contributed by atoms with E-state index in [9.17, 15) is 9.59 Å². The van der Waals surface area contributed by atoms with Gasteiger partial charge in [0.25, 0.3) is 5.91 Å². The molecule has 1 saturated carbocycles. The van der Waals surface area contributed by atoms with E-state index in [-0.39, 0.29) is 17.7 Å². The molecule has 0 bridgehead atoms. The van der Waals surface area contributed by atoms with Crippen molar-refractivity contribution in [1.82, 2.24) is 14.8 Å². The number of aromatic nitrogens is 3. The van der Waals surface area contributed by atoms with E-state index in [1.807, 2.05) is 23.1 Å². The highest BCUT2D eigenvalue weighted by Gasteiger charge is 2.29. The fourth-order valence-electron chi connectivity index (χ4n) is 3.45. The van der Waals surface area contributed by atoms with E-state index in [1.165, 1.54) is 4.88 Å². The smallest absolute Gasteiger partial charge is 0.256 e. The first-order valence-corrected chi connectivity index (χ1v) is 11.0. The summed E-state index contributed by atoms with van der Waals surface area (Å²) in [6, 6.07) is 13.0. The largest absolute Gasteiger partial charge is 0.326 e. The van der Waals surface area contributed by atoms with E-state index in [2.05, 4.69) is 26.8 Å². The van der Waals surface area contributed by atoms with Crippen LogP contribution in [0.1, 0.15) is 33.8 Å². The number of aryl methyl sites for hydroxylation is 1. The van der Waals surface area contributed by atoms with Gasteiger partial charge in [0.2, 0.25) is 5.91 Å². The van der Waals surface area contributed by atoms with Crippen LogP contribution in [-0.4, -0.2) is 26.6 Å². The zero-order chi connectivity index (χ0) is 21.4. The number of thiophene rings is 1. The van der Waals surface area contributed by atoms with Crippen LogP contribution in [0.15, 0.2) is 54.0 Å². The van der Waals surface area contributed by atoms with Crippen LogP contribution >= 0.6 is 11.3 Å². The second-order valence-corrected chi connectivity index (χ2v) is 8.76. The number of rotatable bonds is 6. The van der Waals surface area contributed by atoms with E-state index in [1.54, 1.807) is 47.9 Å². The highest BCUT2D eigenvalue weighted by atomic mass is 32.1. The first kappa shape index (κ1) is 19.4. The summed E-state index contributed by atoms with van der Waals surface area (Å²) in [5.74, 6) is -0.00983. The van der Waals surface area contributed by atoms with Crippen LogP contribution in [0.5, 0.6) is 0 Å². The zero-order valence-corrected chi connectivity index (χ0v) is 17.8. The average molecular weight is 432 g/mol. The van der Waals surface area contributed by atoms with E-state index in [4.69, 9.17) is 0 Å². The highest BCUT2D eigenvalue weighted by molar-refractivity contribution is 7.09. The molecule has 7 nitrogen and oxygen atoms in total. The molecule has 0 aliphatic heterocycles. The molecule has 1 aliphatic carbocycles. The Labute approximate surface area is 183 Å². The van der Waals surface area contributed by atoms with Gasteiger partial charge in [-0.2, -0.15) is 5.10 Å². The van der Waals surface area contributed by atoms with Gasteiger partial charge >= 0.3 is 0 Å². The van der Waals surface area contributed by atoms with Gasteiger partial charge in [-0.1, -0.05) is 6.07 Å². The van der Waals surface area contributed by atoms with Crippen LogP contribution in [0.4, 0.5) is 11.4 Å². The van der Waals surface area contributed by atoms with Crippen molar-refractivity contribution in [2.45, 2.75) is 26.3 Å². The van der Waals surface area contributed by atoms with Crippen LogP contribution in [0.25, 0.3) is 11.0 Å². The predicted molar refractivity (Wildman–Crippen MR) is 121 cm³/mol. The molecule has 5 rings (SSSR count). The van der Waals surface area contributed by atoms with Crippen LogP contribution in [0.2, 0.25) is 0 Å². The maximum atomic E-state index is 13.0. The van der Waals surface area contributed by atoms with Crippen LogP contribution in [-0.2, 0) is 11.3 Å². The molecule has 0 spiro atoms. The summed E-state index contributed by atoms with van der Waals surface area (Å²) in [4.78, 5) is 30.7. The van der Waals surface area contributed by atoms with Gasteiger partial charge in [-0.3, -0.25) is 9.59 Å². The minimum Gasteiger partial charge on any atom is -0.326 e. The number of nitrogens with zero attached hydrogens (tertiary/aromatic N) is 3. The monoisotopic (exact) mass is 431 g/mol. The summed E-state index contributed by atoms with van der Waals surface area (Å²) in [5.41, 5.74) is 3.36. The fraction of sp³-hybridized carbons (Fsp3) is 0.217. The third-order valence-corrected chi connectivity index (χ3v) is 6.09. The lowest BCUT2D eigenvalue weighted by atomic mass is 10.1. The average Bonchev–Trinajstić information content (AvgIpc) is 3.36. The SMILES string of the molecule is Cc1cc(C(=O)Nc2ccc(NC(=O)C3CC3)cc2)c2cnn(Cc3cccs3)c2n1. The van der Waals surface area contributed by atoms with Crippen molar-refractivity contribution in [2.75, 3.05) is 10.6 Å². The van der Waals surface area contributed by atoms with Gasteiger partial charge in [-0.15, -0.1) is 11.3 Å². The molecule has 8 heteroatoms. The first-order valence-electron chi connectivity index (χ1n) is 10.1. The van der Waals surface area contributed by atoms with Crippen LogP contribution < -0.4 is 10.6 Å². The number of benzene rings is 1. The predicted octanol–water partition coefficient (Wildman–Crippen LogP) is 4.45. The van der Waals surface area contributed by atoms with E-state index in [0.29, 0.717) is 28.8 Å². The number of pyridine rings is 1. The van der Waals surface area contributed by atoms with Crippen LogP contribution in [0, 0.1) is 12.8 Å². The normalized spacial score (nSPS) is 13.3. The standard InChI is InChI=1S/C23H21N5O2S/c1-14-11-19(20-12-24-28(21(20)25-14)13-18-3-2-10-31-18)23(30)27-17-8-6-16(7-9-17)26-22(29)15-4-5-15/h2-3,6-12,15H,4-5,13H2,1H3,(H,26,29)(H,27,30). The third kappa shape index (κ3) is 4.20. The van der Waals surface area contributed by atoms with Gasteiger partial charge in [0.05, 0.1) is 23.7 Å². The fourth-order valence-corrected chi connectivity index (χ4v) is 4.14. The summed E-state index contributed by atoms with van der Waals surface area (Å²) in [6.45, 7) is 2.49. The molecule has 156 valence electrons. The second-order valence-electron chi connectivity index (χ2n) is 7.73. The summed E-state index contributed by atoms with van der Waals surface area (Å²) < 4.78 is 1.82. The summed E-state index contributed by atoms with van der Waals surface area (Å²) in [6.07, 6.45) is 3.62. The molecular weight excluding hydrogens is 410 g/mol. The molecule has 2 N–H and O–H groups in total. The van der Waals surface area contributed by atoms with E-state index >= 15 is 0 Å². The highest BCUT2D eigenvalue weighted by Crippen LogP contribution is 2.30. The molecule has 1 fully saturated rings. The van der Waals surface area contributed by atoms with Gasteiger partial charge in [0, 0.05) is 27.9 Å². The number of hydrogen-bond donors (Lipinski definition) is 2. The third-order valence-electron chi connectivity index (χ3n) is 5.23. The Morgan fingerprint density at radius 3 is 2.55 bits per heavy atom. The molecule has 4 aromatic rings. The molecule has 1 aromatic carbocycles. The number of fused-ring (bicyclic) bond motifs is 1. The molecule has 0 unspecified atom stereocenters. The van der Waals surface area contributed by atoms with Gasteiger partial charge in [-0.05, 0) is 61.5 Å². The minimum absolute atomic E-state index is 0.0611. The van der Waals surface area contributed by atoms with Crippen molar-refractivity contribution in [3.8, 4) is 0 Å². The van der Waals surface area contributed by atoms with E-state index in [0.717, 1.165) is 24.2 Å². The second kappa shape index (κ2) is 7.96. The molecule has 3 aromatic heterocycles. The Morgan fingerprint density at radius 2 is 1.87 bits per heavy atom. The number of hydrogen-bond acceptors (Lipinski definition) is 5. The van der Waals surface area contributed by atoms with Crippen LogP contribution in [0.3, 0.4) is 0 Å². The summed E-state index contributed by atoms with van der Waals surface area (Å²) in [7, 11) is 0. The van der Waals surface area contributed by atoms with Crippen molar-refractivity contribution in [1.29, 1.82) is 0 Å². The lowest BCUT2D eigenvalue weighted by Crippen LogP contribution is -2.14. The lowest BCUT2D eigenvalue weighted by molar-refractivity contribution is -0.117. The van der Waals surface area contributed by atoms with Crippen molar-refractivity contribution in [3.63, 3.8) is 0 Å². The Bertz CT molecular complexity index is 1260. The Morgan fingerprint density at radius 1 is 1.13 bits per heavy atom. The van der Waals surface area contributed by atoms with Crippen molar-refractivity contribution < 1.29 is 9.59 Å². The molecule has 1 aliphatic rings. The molecule has 0 radical (unpaired) electrons. The maximum Gasteiger partial charge on any atom is 0.256 e. The quantitative estimate of drug-likeness (QED) is 0.472. The zero-order valence-electron chi connectivity index (χ0n) is 17.0. The van der Waals surface area contributed by atoms with E-state index < -0.39 is 0 Å². The molecule has 0 atom stereocenters. The van der Waals surface area contributed by atoms with Gasteiger partial charge in [0.15, 0.2) is 5.65 Å². The van der Waals surface area contributed by atoms with Gasteiger partial charge in [-0.25, -0.2) is 9.67 Å². The first-order chi connectivity index (χ1) is 15.1. The van der Waals surface area contributed by atoms with Gasteiger partial charge < -0.3 is 10.6 Å². The minimum atomic E-state index is -0.221. The molecular formula is C23H21N5O2S. The Balaban J connectivity index is 1.35. The van der Waals surface area contributed by atoms with Crippen molar-refractivity contribution >= 4 is 45.6 Å². The number of carbonyl (C=O) groups is 2. The molecule has 0 saturated heterocycles. The van der Waals surface area contributed by atoms with Gasteiger partial charge in [0.1, 0.15) is 0 Å². The summed E-state index contributed by atoms with van der Waals surface area (Å²) >= 11 is 1.66. The number of amides is 2. The number of nitrogens with one attached hydrogen (secondary N) is 2. The number of anilines is 2. The maximum absolute atomic E-state index is 13.0. The molecule has 3 heterocycles. The Hall–Kier alpha value is -3.52. The number of carbonyl (C=O) groups excluding carboxylic acids is 2. The molecule has 2 amide bonds. The lowest BCUT2D eigenvalue weighted by Gasteiger charge is -2.09. The Kier molecular flexibility index (Phi) is 4.99. The topological polar surface area (TPSA) is 88.9 Å². The molecule has 31 heavy (non-hydrogen) atoms. The van der Waals surface area contributed by atoms with Crippen molar-refractivity contribution in [3.05, 3.63) is 70.2 Å². The summed E-state index contributed by atoms with van der Waals surface area (Å²) in [5, 5.41) is 13.0.